The molecular weight excluding hydrogens is 208 g/mol. The highest BCUT2D eigenvalue weighted by Gasteiger charge is 2.34. The first-order valence-corrected chi connectivity index (χ1v) is 7.86. The summed E-state index contributed by atoms with van der Waals surface area (Å²) in [6.45, 7) is 7.27. The van der Waals surface area contributed by atoms with E-state index < -0.39 is 0 Å². The van der Waals surface area contributed by atoms with Gasteiger partial charge in [0.2, 0.25) is 0 Å². The Morgan fingerprint density at radius 3 is 2.82 bits per heavy atom. The van der Waals surface area contributed by atoms with Crippen LogP contribution in [0.2, 0.25) is 0 Å². The van der Waals surface area contributed by atoms with E-state index in [4.69, 9.17) is 0 Å². The molecule has 17 heavy (non-hydrogen) atoms. The maximum absolute atomic E-state index is 3.41. The molecule has 0 aromatic rings. The zero-order chi connectivity index (χ0) is 11.9. The maximum Gasteiger partial charge on any atom is 0.0123 e. The summed E-state index contributed by atoms with van der Waals surface area (Å²) in [7, 11) is 0. The molecule has 2 rings (SSSR count). The lowest BCUT2D eigenvalue weighted by atomic mass is 9.92. The second kappa shape index (κ2) is 7.38. The molecule has 0 spiro atoms. The number of hydrogen-bond acceptors (Lipinski definition) is 2. The maximum atomic E-state index is 3.41. The number of unbranched alkanes of at least 4 members (excludes halogenated alkanes) is 2. The van der Waals surface area contributed by atoms with Crippen LogP contribution in [-0.2, 0) is 0 Å². The SMILES string of the molecule is CCNCCCCCN1CCCC2CCCC21. The Morgan fingerprint density at radius 1 is 1.06 bits per heavy atom. The van der Waals surface area contributed by atoms with E-state index in [0.29, 0.717) is 0 Å². The van der Waals surface area contributed by atoms with E-state index in [1.54, 1.807) is 0 Å². The van der Waals surface area contributed by atoms with E-state index in [-0.39, 0.29) is 0 Å². The molecule has 0 radical (unpaired) electrons. The van der Waals surface area contributed by atoms with Crippen molar-refractivity contribution in [3.8, 4) is 0 Å². The van der Waals surface area contributed by atoms with Crippen LogP contribution in [0.3, 0.4) is 0 Å². The first kappa shape index (κ1) is 13.4. The van der Waals surface area contributed by atoms with Gasteiger partial charge in [-0.15, -0.1) is 0 Å². The normalized spacial score (nSPS) is 29.5. The third-order valence-corrected chi connectivity index (χ3v) is 4.66. The van der Waals surface area contributed by atoms with Crippen molar-refractivity contribution >= 4 is 0 Å². The molecule has 2 fully saturated rings. The number of rotatable bonds is 7. The molecule has 2 heteroatoms. The molecule has 2 nitrogen and oxygen atoms in total. The Morgan fingerprint density at radius 2 is 1.94 bits per heavy atom. The lowest BCUT2D eigenvalue weighted by Gasteiger charge is -2.37. The number of hydrogen-bond donors (Lipinski definition) is 1. The molecule has 0 aromatic heterocycles. The number of fused-ring (bicyclic) bond motifs is 1. The highest BCUT2D eigenvalue weighted by atomic mass is 15.2. The summed E-state index contributed by atoms with van der Waals surface area (Å²) in [5.41, 5.74) is 0. The molecule has 1 aliphatic carbocycles. The van der Waals surface area contributed by atoms with Gasteiger partial charge in [0.05, 0.1) is 0 Å². The highest BCUT2D eigenvalue weighted by molar-refractivity contribution is 4.88. The Hall–Kier alpha value is -0.0800. The number of piperidine rings is 1. The van der Waals surface area contributed by atoms with Gasteiger partial charge in [0.25, 0.3) is 0 Å². The van der Waals surface area contributed by atoms with E-state index in [2.05, 4.69) is 17.1 Å². The molecule has 2 unspecified atom stereocenters. The van der Waals surface area contributed by atoms with Gasteiger partial charge < -0.3 is 10.2 Å². The molecule has 1 N–H and O–H groups in total. The minimum absolute atomic E-state index is 0.970. The Labute approximate surface area is 107 Å². The van der Waals surface area contributed by atoms with Crippen molar-refractivity contribution in [2.75, 3.05) is 26.2 Å². The van der Waals surface area contributed by atoms with Gasteiger partial charge in [-0.3, -0.25) is 0 Å². The van der Waals surface area contributed by atoms with Crippen molar-refractivity contribution in [2.24, 2.45) is 5.92 Å². The fourth-order valence-electron chi connectivity index (χ4n) is 3.75. The van der Waals surface area contributed by atoms with Crippen LogP contribution in [0.4, 0.5) is 0 Å². The summed E-state index contributed by atoms with van der Waals surface area (Å²) in [5, 5.41) is 3.41. The van der Waals surface area contributed by atoms with Gasteiger partial charge in [-0.1, -0.05) is 19.8 Å². The van der Waals surface area contributed by atoms with Crippen LogP contribution in [0, 0.1) is 5.92 Å². The predicted octanol–water partition coefficient (Wildman–Crippen LogP) is 3.03. The van der Waals surface area contributed by atoms with E-state index in [0.717, 1.165) is 18.5 Å². The standard InChI is InChI=1S/C15H30N2/c1-2-16-11-4-3-5-12-17-13-7-9-14-8-6-10-15(14)17/h14-16H,2-13H2,1H3. The van der Waals surface area contributed by atoms with E-state index in [9.17, 15) is 0 Å². The number of nitrogens with one attached hydrogen (secondary N) is 1. The van der Waals surface area contributed by atoms with Crippen LogP contribution in [-0.4, -0.2) is 37.1 Å². The second-order valence-electron chi connectivity index (χ2n) is 5.85. The Kier molecular flexibility index (Phi) is 5.79. The summed E-state index contributed by atoms with van der Waals surface area (Å²) in [5.74, 6) is 1.06. The molecule has 1 aliphatic heterocycles. The van der Waals surface area contributed by atoms with Crippen molar-refractivity contribution in [1.82, 2.24) is 10.2 Å². The fourth-order valence-corrected chi connectivity index (χ4v) is 3.75. The minimum Gasteiger partial charge on any atom is -0.317 e. The van der Waals surface area contributed by atoms with Crippen LogP contribution in [0.15, 0.2) is 0 Å². The average Bonchev–Trinajstić information content (AvgIpc) is 2.82. The third-order valence-electron chi connectivity index (χ3n) is 4.66. The van der Waals surface area contributed by atoms with Crippen LogP contribution < -0.4 is 5.32 Å². The molecule has 0 amide bonds. The van der Waals surface area contributed by atoms with Crippen LogP contribution in [0.25, 0.3) is 0 Å². The lowest BCUT2D eigenvalue weighted by molar-refractivity contribution is 0.111. The predicted molar refractivity (Wildman–Crippen MR) is 74.3 cm³/mol. The summed E-state index contributed by atoms with van der Waals surface area (Å²) < 4.78 is 0. The van der Waals surface area contributed by atoms with Crippen molar-refractivity contribution in [3.05, 3.63) is 0 Å². The average molecular weight is 238 g/mol. The second-order valence-corrected chi connectivity index (χ2v) is 5.85. The van der Waals surface area contributed by atoms with Gasteiger partial charge in [0, 0.05) is 6.04 Å². The van der Waals surface area contributed by atoms with Gasteiger partial charge in [-0.05, 0) is 70.6 Å². The molecule has 1 saturated carbocycles. The quantitative estimate of drug-likeness (QED) is 0.686. The summed E-state index contributed by atoms with van der Waals surface area (Å²) in [6.07, 6.45) is 11.6. The first-order chi connectivity index (χ1) is 8.42. The third kappa shape index (κ3) is 3.96. The zero-order valence-corrected chi connectivity index (χ0v) is 11.6. The molecule has 1 saturated heterocycles. The van der Waals surface area contributed by atoms with Gasteiger partial charge in [0.15, 0.2) is 0 Å². The Balaban J connectivity index is 1.58. The van der Waals surface area contributed by atoms with Gasteiger partial charge >= 0.3 is 0 Å². The van der Waals surface area contributed by atoms with Crippen molar-refractivity contribution in [1.29, 1.82) is 0 Å². The monoisotopic (exact) mass is 238 g/mol. The summed E-state index contributed by atoms with van der Waals surface area (Å²) >= 11 is 0. The molecule has 100 valence electrons. The van der Waals surface area contributed by atoms with Crippen LogP contribution in [0.5, 0.6) is 0 Å². The van der Waals surface area contributed by atoms with Gasteiger partial charge in [-0.25, -0.2) is 0 Å². The smallest absolute Gasteiger partial charge is 0.0123 e. The largest absolute Gasteiger partial charge is 0.317 e. The lowest BCUT2D eigenvalue weighted by Crippen LogP contribution is -2.42. The Bertz CT molecular complexity index is 205. The number of nitrogens with zero attached hydrogens (tertiary/aromatic N) is 1. The minimum atomic E-state index is 0.970. The van der Waals surface area contributed by atoms with Crippen molar-refractivity contribution < 1.29 is 0 Å². The van der Waals surface area contributed by atoms with E-state index in [1.807, 2.05) is 0 Å². The van der Waals surface area contributed by atoms with E-state index >= 15 is 0 Å². The number of likely N-dealkylation sites (tertiary alicyclic amines) is 1. The van der Waals surface area contributed by atoms with Gasteiger partial charge in [-0.2, -0.15) is 0 Å². The molecular formula is C15H30N2. The van der Waals surface area contributed by atoms with Crippen molar-refractivity contribution in [3.63, 3.8) is 0 Å². The fraction of sp³-hybridized carbons (Fsp3) is 1.00. The summed E-state index contributed by atoms with van der Waals surface area (Å²) in [4.78, 5) is 2.81. The van der Waals surface area contributed by atoms with Gasteiger partial charge in [0.1, 0.15) is 0 Å². The topological polar surface area (TPSA) is 15.3 Å². The first-order valence-electron chi connectivity index (χ1n) is 7.86. The van der Waals surface area contributed by atoms with Crippen LogP contribution >= 0.6 is 0 Å². The van der Waals surface area contributed by atoms with Crippen molar-refractivity contribution in [2.45, 2.75) is 64.3 Å². The van der Waals surface area contributed by atoms with Crippen LogP contribution in [0.1, 0.15) is 58.3 Å². The molecule has 2 aliphatic rings. The van der Waals surface area contributed by atoms with E-state index in [1.165, 1.54) is 71.0 Å². The molecule has 2 atom stereocenters. The zero-order valence-electron chi connectivity index (χ0n) is 11.6. The molecule has 0 bridgehead atoms. The molecule has 0 aromatic carbocycles. The molecule has 1 heterocycles. The highest BCUT2D eigenvalue weighted by Crippen LogP contribution is 2.36. The summed E-state index contributed by atoms with van der Waals surface area (Å²) in [6, 6.07) is 0.970.